The van der Waals surface area contributed by atoms with E-state index in [2.05, 4.69) is 17.4 Å². The van der Waals surface area contributed by atoms with Crippen molar-refractivity contribution in [1.82, 2.24) is 5.32 Å². The molecule has 0 amide bonds. The van der Waals surface area contributed by atoms with Crippen LogP contribution in [0.15, 0.2) is 24.3 Å². The SMILES string of the molecule is Clc1ccc(C2(C3CC3)CCCN2)cc1. The first-order valence-electron chi connectivity index (χ1n) is 5.82. The molecular weight excluding hydrogens is 206 g/mol. The maximum absolute atomic E-state index is 5.94. The zero-order valence-electron chi connectivity index (χ0n) is 8.80. The van der Waals surface area contributed by atoms with Gasteiger partial charge in [-0.2, -0.15) is 0 Å². The van der Waals surface area contributed by atoms with Crippen LogP contribution in [-0.4, -0.2) is 6.54 Å². The summed E-state index contributed by atoms with van der Waals surface area (Å²) in [6.45, 7) is 1.17. The fourth-order valence-corrected chi connectivity index (χ4v) is 3.05. The molecule has 0 spiro atoms. The Labute approximate surface area is 95.8 Å². The smallest absolute Gasteiger partial charge is 0.0463 e. The molecule has 0 radical (unpaired) electrons. The molecule has 1 N–H and O–H groups in total. The summed E-state index contributed by atoms with van der Waals surface area (Å²) in [5.41, 5.74) is 1.72. The van der Waals surface area contributed by atoms with Gasteiger partial charge in [0.2, 0.25) is 0 Å². The number of hydrogen-bond acceptors (Lipinski definition) is 1. The highest BCUT2D eigenvalue weighted by molar-refractivity contribution is 6.30. The monoisotopic (exact) mass is 221 g/mol. The lowest BCUT2D eigenvalue weighted by atomic mass is 9.84. The van der Waals surface area contributed by atoms with Gasteiger partial charge in [0.15, 0.2) is 0 Å². The molecule has 1 aromatic rings. The molecule has 0 bridgehead atoms. The van der Waals surface area contributed by atoms with Gasteiger partial charge in [0.05, 0.1) is 0 Å². The molecule has 1 nitrogen and oxygen atoms in total. The molecule has 1 saturated carbocycles. The first kappa shape index (κ1) is 9.68. The van der Waals surface area contributed by atoms with Crippen LogP contribution in [0.4, 0.5) is 0 Å². The second-order valence-corrected chi connectivity index (χ2v) is 5.22. The van der Waals surface area contributed by atoms with Crippen molar-refractivity contribution in [2.24, 2.45) is 5.92 Å². The summed E-state index contributed by atoms with van der Waals surface area (Å²) in [5, 5.41) is 4.56. The summed E-state index contributed by atoms with van der Waals surface area (Å²) in [4.78, 5) is 0. The predicted octanol–water partition coefficient (Wildman–Crippen LogP) is 3.33. The fraction of sp³-hybridized carbons (Fsp3) is 0.538. The van der Waals surface area contributed by atoms with Crippen molar-refractivity contribution in [2.45, 2.75) is 31.2 Å². The van der Waals surface area contributed by atoms with Gasteiger partial charge in [-0.25, -0.2) is 0 Å². The minimum Gasteiger partial charge on any atom is -0.307 e. The Hall–Kier alpha value is -0.530. The number of nitrogens with one attached hydrogen (secondary N) is 1. The van der Waals surface area contributed by atoms with Gasteiger partial charge in [0, 0.05) is 10.6 Å². The topological polar surface area (TPSA) is 12.0 Å². The van der Waals surface area contributed by atoms with E-state index in [1.165, 1.54) is 37.8 Å². The summed E-state index contributed by atoms with van der Waals surface area (Å²) >= 11 is 5.94. The summed E-state index contributed by atoms with van der Waals surface area (Å²) in [7, 11) is 0. The summed E-state index contributed by atoms with van der Waals surface area (Å²) in [5.74, 6) is 0.862. The summed E-state index contributed by atoms with van der Waals surface area (Å²) < 4.78 is 0. The average Bonchev–Trinajstić information content (AvgIpc) is 3.00. The Balaban J connectivity index is 1.97. The summed E-state index contributed by atoms with van der Waals surface area (Å²) in [6, 6.07) is 8.42. The lowest BCUT2D eigenvalue weighted by molar-refractivity contribution is 0.336. The standard InChI is InChI=1S/C13H16ClN/c14-12-6-4-11(5-7-12)13(10-2-3-10)8-1-9-15-13/h4-7,10,15H,1-3,8-9H2. The van der Waals surface area contributed by atoms with Gasteiger partial charge in [0.25, 0.3) is 0 Å². The third-order valence-corrected chi connectivity index (χ3v) is 4.07. The molecule has 0 aromatic heterocycles. The second kappa shape index (κ2) is 3.50. The largest absolute Gasteiger partial charge is 0.307 e. The highest BCUT2D eigenvalue weighted by atomic mass is 35.5. The number of benzene rings is 1. The van der Waals surface area contributed by atoms with E-state index in [1.807, 2.05) is 12.1 Å². The third kappa shape index (κ3) is 1.58. The highest BCUT2D eigenvalue weighted by Gasteiger charge is 2.47. The zero-order valence-corrected chi connectivity index (χ0v) is 9.56. The van der Waals surface area contributed by atoms with Crippen molar-refractivity contribution in [3.63, 3.8) is 0 Å². The van der Waals surface area contributed by atoms with Crippen molar-refractivity contribution in [3.8, 4) is 0 Å². The molecule has 1 aliphatic heterocycles. The first-order chi connectivity index (χ1) is 7.31. The van der Waals surface area contributed by atoms with Crippen LogP contribution in [0, 0.1) is 5.92 Å². The van der Waals surface area contributed by atoms with Crippen LogP contribution in [0.25, 0.3) is 0 Å². The van der Waals surface area contributed by atoms with Gasteiger partial charge in [-0.3, -0.25) is 0 Å². The minimum absolute atomic E-state index is 0.282. The first-order valence-corrected chi connectivity index (χ1v) is 6.20. The molecule has 15 heavy (non-hydrogen) atoms. The molecule has 1 aliphatic carbocycles. The molecule has 3 rings (SSSR count). The molecule has 1 atom stereocenters. The van der Waals surface area contributed by atoms with Crippen molar-refractivity contribution in [3.05, 3.63) is 34.9 Å². The zero-order chi connectivity index (χ0) is 10.3. The molecule has 80 valence electrons. The normalized spacial score (nSPS) is 30.7. The van der Waals surface area contributed by atoms with Crippen LogP contribution >= 0.6 is 11.6 Å². The van der Waals surface area contributed by atoms with E-state index in [1.54, 1.807) is 0 Å². The second-order valence-electron chi connectivity index (χ2n) is 4.78. The number of hydrogen-bond donors (Lipinski definition) is 1. The molecule has 1 aromatic carbocycles. The molecule has 1 saturated heterocycles. The van der Waals surface area contributed by atoms with Crippen molar-refractivity contribution < 1.29 is 0 Å². The predicted molar refractivity (Wildman–Crippen MR) is 63.1 cm³/mol. The highest BCUT2D eigenvalue weighted by Crippen LogP contribution is 2.50. The number of rotatable bonds is 2. The van der Waals surface area contributed by atoms with Crippen LogP contribution in [0.5, 0.6) is 0 Å². The Bertz CT molecular complexity index is 347. The van der Waals surface area contributed by atoms with E-state index in [9.17, 15) is 0 Å². The lowest BCUT2D eigenvalue weighted by Crippen LogP contribution is -2.38. The van der Waals surface area contributed by atoms with E-state index in [4.69, 9.17) is 11.6 Å². The van der Waals surface area contributed by atoms with Crippen LogP contribution in [0.2, 0.25) is 5.02 Å². The lowest BCUT2D eigenvalue weighted by Gasteiger charge is -2.30. The maximum Gasteiger partial charge on any atom is 0.0463 e. The van der Waals surface area contributed by atoms with Crippen LogP contribution in [0.3, 0.4) is 0 Å². The van der Waals surface area contributed by atoms with Crippen molar-refractivity contribution in [1.29, 1.82) is 0 Å². The Morgan fingerprint density at radius 2 is 1.93 bits per heavy atom. The van der Waals surface area contributed by atoms with Crippen molar-refractivity contribution in [2.75, 3.05) is 6.54 Å². The van der Waals surface area contributed by atoms with Gasteiger partial charge in [-0.05, 0) is 55.8 Å². The average molecular weight is 222 g/mol. The molecule has 2 fully saturated rings. The van der Waals surface area contributed by atoms with Crippen molar-refractivity contribution >= 4 is 11.6 Å². The molecule has 1 heterocycles. The minimum atomic E-state index is 0.282. The third-order valence-electron chi connectivity index (χ3n) is 3.82. The van der Waals surface area contributed by atoms with Crippen LogP contribution < -0.4 is 5.32 Å². The van der Waals surface area contributed by atoms with E-state index in [-0.39, 0.29) is 5.54 Å². The Morgan fingerprint density at radius 3 is 2.47 bits per heavy atom. The van der Waals surface area contributed by atoms with Gasteiger partial charge in [-0.1, -0.05) is 23.7 Å². The van der Waals surface area contributed by atoms with Crippen LogP contribution in [-0.2, 0) is 5.54 Å². The summed E-state index contributed by atoms with van der Waals surface area (Å²) in [6.07, 6.45) is 5.36. The van der Waals surface area contributed by atoms with Gasteiger partial charge < -0.3 is 5.32 Å². The number of halogens is 1. The fourth-order valence-electron chi connectivity index (χ4n) is 2.92. The van der Waals surface area contributed by atoms with E-state index in [0.717, 1.165) is 10.9 Å². The van der Waals surface area contributed by atoms with E-state index in [0.29, 0.717) is 0 Å². The van der Waals surface area contributed by atoms with E-state index >= 15 is 0 Å². The molecule has 2 heteroatoms. The molecule has 2 aliphatic rings. The molecular formula is C13H16ClN. The van der Waals surface area contributed by atoms with Crippen LogP contribution in [0.1, 0.15) is 31.2 Å². The van der Waals surface area contributed by atoms with E-state index < -0.39 is 0 Å². The van der Waals surface area contributed by atoms with Gasteiger partial charge >= 0.3 is 0 Å². The Morgan fingerprint density at radius 1 is 1.20 bits per heavy atom. The van der Waals surface area contributed by atoms with Gasteiger partial charge in [0.1, 0.15) is 0 Å². The molecule has 1 unspecified atom stereocenters. The maximum atomic E-state index is 5.94. The Kier molecular flexibility index (Phi) is 2.26. The quantitative estimate of drug-likeness (QED) is 0.808. The van der Waals surface area contributed by atoms with Gasteiger partial charge in [-0.15, -0.1) is 0 Å².